The number of benzene rings is 1. The lowest BCUT2D eigenvalue weighted by molar-refractivity contribution is -0.147. The Morgan fingerprint density at radius 3 is 2.67 bits per heavy atom. The number of amides is 1. The Morgan fingerprint density at radius 1 is 1.33 bits per heavy atom. The van der Waals surface area contributed by atoms with Crippen molar-refractivity contribution in [2.24, 2.45) is 5.41 Å². The molecule has 0 unspecified atom stereocenters. The molecule has 1 heterocycles. The van der Waals surface area contributed by atoms with E-state index in [1.165, 1.54) is 18.9 Å². The molecule has 2 aromatic rings. The summed E-state index contributed by atoms with van der Waals surface area (Å²) in [5, 5.41) is 3.76. The van der Waals surface area contributed by atoms with Crippen LogP contribution in [0.2, 0.25) is 0 Å². The highest BCUT2D eigenvalue weighted by molar-refractivity contribution is 7.99. The maximum absolute atomic E-state index is 12.1. The molecule has 0 aliphatic carbocycles. The van der Waals surface area contributed by atoms with Gasteiger partial charge in [0.25, 0.3) is 0 Å². The molecule has 0 radical (unpaired) electrons. The third kappa shape index (κ3) is 4.95. The summed E-state index contributed by atoms with van der Waals surface area (Å²) in [5.74, 6) is 0.350. The van der Waals surface area contributed by atoms with Gasteiger partial charge in [0, 0.05) is 5.75 Å². The second kappa shape index (κ2) is 7.98. The van der Waals surface area contributed by atoms with E-state index < -0.39 is 17.4 Å². The van der Waals surface area contributed by atoms with Gasteiger partial charge in [-0.25, -0.2) is 9.78 Å². The van der Waals surface area contributed by atoms with Crippen molar-refractivity contribution >= 4 is 45.2 Å². The lowest BCUT2D eigenvalue weighted by Crippen LogP contribution is -2.50. The number of fused-ring (bicyclic) bond motifs is 1. The summed E-state index contributed by atoms with van der Waals surface area (Å²) < 4.78 is 5.93. The van der Waals surface area contributed by atoms with Crippen molar-refractivity contribution in [2.45, 2.75) is 32.6 Å². The minimum Gasteiger partial charge on any atom is -0.467 e. The highest BCUT2D eigenvalue weighted by atomic mass is 32.2. The van der Waals surface area contributed by atoms with Gasteiger partial charge in [-0.1, -0.05) is 32.9 Å². The predicted octanol–water partition coefficient (Wildman–Crippen LogP) is 3.23. The van der Waals surface area contributed by atoms with Crippen molar-refractivity contribution in [1.29, 1.82) is 0 Å². The lowest BCUT2D eigenvalue weighted by Gasteiger charge is -2.28. The molecule has 5 nitrogen and oxygen atoms in total. The van der Waals surface area contributed by atoms with E-state index in [1.54, 1.807) is 11.3 Å². The van der Waals surface area contributed by atoms with E-state index in [1.807, 2.05) is 45.0 Å². The van der Waals surface area contributed by atoms with Gasteiger partial charge in [0.05, 0.1) is 23.1 Å². The van der Waals surface area contributed by atoms with Crippen LogP contribution in [0.1, 0.15) is 25.8 Å². The number of nitrogens with one attached hydrogen (secondary N) is 1. The van der Waals surface area contributed by atoms with Gasteiger partial charge in [0.15, 0.2) is 0 Å². The zero-order valence-corrected chi connectivity index (χ0v) is 15.9. The number of hydrogen-bond acceptors (Lipinski definition) is 6. The van der Waals surface area contributed by atoms with Gasteiger partial charge < -0.3 is 10.1 Å². The topological polar surface area (TPSA) is 68.3 Å². The number of thiazole rings is 1. The van der Waals surface area contributed by atoms with Crippen LogP contribution in [0.5, 0.6) is 0 Å². The third-order valence-corrected chi connectivity index (χ3v) is 5.57. The molecule has 24 heavy (non-hydrogen) atoms. The number of ether oxygens (including phenoxy) is 1. The molecular formula is C17H22N2O3S2. The number of hydrogen-bond donors (Lipinski definition) is 1. The molecule has 130 valence electrons. The second-order valence-corrected chi connectivity index (χ2v) is 8.56. The van der Waals surface area contributed by atoms with Crippen LogP contribution in [0, 0.1) is 5.41 Å². The highest BCUT2D eigenvalue weighted by Gasteiger charge is 2.33. The van der Waals surface area contributed by atoms with E-state index in [0.29, 0.717) is 5.75 Å². The quantitative estimate of drug-likeness (QED) is 0.795. The summed E-state index contributed by atoms with van der Waals surface area (Å²) in [7, 11) is 1.33. The molecule has 1 aromatic heterocycles. The van der Waals surface area contributed by atoms with E-state index in [9.17, 15) is 9.59 Å². The van der Waals surface area contributed by atoms with Crippen molar-refractivity contribution < 1.29 is 14.3 Å². The summed E-state index contributed by atoms with van der Waals surface area (Å²) in [6.45, 7) is 5.68. The molecule has 7 heteroatoms. The zero-order valence-electron chi connectivity index (χ0n) is 14.3. The van der Waals surface area contributed by atoms with Crippen LogP contribution in [0.4, 0.5) is 0 Å². The molecule has 0 aliphatic heterocycles. The average molecular weight is 367 g/mol. The first-order valence-electron chi connectivity index (χ1n) is 7.60. The third-order valence-electron chi connectivity index (χ3n) is 3.41. The van der Waals surface area contributed by atoms with Gasteiger partial charge in [-0.05, 0) is 17.5 Å². The summed E-state index contributed by atoms with van der Waals surface area (Å²) in [6.07, 6.45) is 0. The van der Waals surface area contributed by atoms with Crippen LogP contribution < -0.4 is 5.32 Å². The molecule has 2 rings (SSSR count). The Labute approximate surface area is 150 Å². The maximum Gasteiger partial charge on any atom is 0.328 e. The standard InChI is InChI=1S/C17H22N2O3S2/c1-17(2,3)15(16(21)22-4)19-13(20)9-23-10-14-18-11-7-5-6-8-12(11)24-14/h5-8,15H,9-10H2,1-4H3,(H,19,20)/t15-/m1/s1. The highest BCUT2D eigenvalue weighted by Crippen LogP contribution is 2.25. The Kier molecular flexibility index (Phi) is 6.23. The molecule has 0 fully saturated rings. The molecule has 1 atom stereocenters. The number of thioether (sulfide) groups is 1. The number of esters is 1. The number of nitrogens with zero attached hydrogens (tertiary/aromatic N) is 1. The van der Waals surface area contributed by atoms with Crippen LogP contribution in [-0.2, 0) is 20.1 Å². The number of aromatic nitrogens is 1. The molecule has 1 N–H and O–H groups in total. The van der Waals surface area contributed by atoms with Crippen molar-refractivity contribution in [3.8, 4) is 0 Å². The normalized spacial score (nSPS) is 12.8. The van der Waals surface area contributed by atoms with Gasteiger partial charge >= 0.3 is 5.97 Å². The van der Waals surface area contributed by atoms with Gasteiger partial charge in [-0.2, -0.15) is 0 Å². The van der Waals surface area contributed by atoms with Gasteiger partial charge in [-0.3, -0.25) is 4.79 Å². The fraction of sp³-hybridized carbons (Fsp3) is 0.471. The van der Waals surface area contributed by atoms with Crippen molar-refractivity contribution in [3.63, 3.8) is 0 Å². The molecule has 0 aliphatic rings. The van der Waals surface area contributed by atoms with E-state index in [4.69, 9.17) is 4.74 Å². The van der Waals surface area contributed by atoms with Gasteiger partial charge in [0.2, 0.25) is 5.91 Å². The van der Waals surface area contributed by atoms with Crippen molar-refractivity contribution in [1.82, 2.24) is 10.3 Å². The summed E-state index contributed by atoms with van der Waals surface area (Å²) >= 11 is 3.12. The minimum atomic E-state index is -0.655. The van der Waals surface area contributed by atoms with Crippen molar-refractivity contribution in [3.05, 3.63) is 29.3 Å². The first-order chi connectivity index (χ1) is 11.3. The average Bonchev–Trinajstić information content (AvgIpc) is 2.93. The first-order valence-corrected chi connectivity index (χ1v) is 9.58. The van der Waals surface area contributed by atoms with Crippen molar-refractivity contribution in [2.75, 3.05) is 12.9 Å². The summed E-state index contributed by atoms with van der Waals surface area (Å²) in [4.78, 5) is 28.5. The molecule has 1 amide bonds. The van der Waals surface area contributed by atoms with Crippen LogP contribution in [0.25, 0.3) is 10.2 Å². The van der Waals surface area contributed by atoms with Gasteiger partial charge in [-0.15, -0.1) is 23.1 Å². The number of carbonyl (C=O) groups excluding carboxylic acids is 2. The zero-order chi connectivity index (χ0) is 17.7. The molecule has 1 aromatic carbocycles. The maximum atomic E-state index is 12.1. The number of carbonyl (C=O) groups is 2. The smallest absolute Gasteiger partial charge is 0.328 e. The minimum absolute atomic E-state index is 0.175. The van der Waals surface area contributed by atoms with E-state index in [2.05, 4.69) is 10.3 Å². The van der Waals surface area contributed by atoms with E-state index in [-0.39, 0.29) is 11.7 Å². The van der Waals surface area contributed by atoms with Crippen LogP contribution in [0.15, 0.2) is 24.3 Å². The largest absolute Gasteiger partial charge is 0.467 e. The fourth-order valence-corrected chi connectivity index (χ4v) is 4.02. The molecular weight excluding hydrogens is 344 g/mol. The molecule has 0 bridgehead atoms. The predicted molar refractivity (Wildman–Crippen MR) is 99.2 cm³/mol. The fourth-order valence-electron chi connectivity index (χ4n) is 2.16. The number of methoxy groups -OCH3 is 1. The van der Waals surface area contributed by atoms with Crippen LogP contribution in [-0.4, -0.2) is 35.8 Å². The second-order valence-electron chi connectivity index (χ2n) is 6.46. The first kappa shape index (κ1) is 18.7. The Hall–Kier alpha value is -1.60. The van der Waals surface area contributed by atoms with Gasteiger partial charge in [0.1, 0.15) is 11.0 Å². The Morgan fingerprint density at radius 2 is 2.04 bits per heavy atom. The summed E-state index contributed by atoms with van der Waals surface area (Å²) in [6, 6.07) is 7.32. The van der Waals surface area contributed by atoms with Crippen LogP contribution >= 0.6 is 23.1 Å². The lowest BCUT2D eigenvalue weighted by atomic mass is 9.87. The van der Waals surface area contributed by atoms with E-state index in [0.717, 1.165) is 15.2 Å². The number of rotatable bonds is 6. The SMILES string of the molecule is COC(=O)[C@@H](NC(=O)CSCc1nc2ccccc2s1)C(C)(C)C. The van der Waals surface area contributed by atoms with Crippen LogP contribution in [0.3, 0.4) is 0 Å². The summed E-state index contributed by atoms with van der Waals surface area (Å²) in [5.41, 5.74) is 0.585. The molecule has 0 saturated carbocycles. The van der Waals surface area contributed by atoms with E-state index >= 15 is 0 Å². The number of para-hydroxylation sites is 1. The molecule has 0 saturated heterocycles. The Balaban J connectivity index is 1.87. The molecule has 0 spiro atoms. The monoisotopic (exact) mass is 366 g/mol. The Bertz CT molecular complexity index is 689.